The molecule has 1 aromatic carbocycles. The number of hydrogen-bond donors (Lipinski definition) is 2. The average Bonchev–Trinajstić information content (AvgIpc) is 2.45. The summed E-state index contributed by atoms with van der Waals surface area (Å²) in [6.45, 7) is 1.22. The SMILES string of the molecule is O=C(ONOCc1ccccc1)[C@@H]1CCCCN1. The summed E-state index contributed by atoms with van der Waals surface area (Å²) in [5.74, 6) is -0.317. The highest BCUT2D eigenvalue weighted by atomic mass is 16.9. The van der Waals surface area contributed by atoms with Crippen LogP contribution in [0.3, 0.4) is 0 Å². The Morgan fingerprint density at radius 2 is 2.17 bits per heavy atom. The van der Waals surface area contributed by atoms with Gasteiger partial charge in [-0.2, -0.15) is 0 Å². The Bertz CT molecular complexity index is 364. The van der Waals surface area contributed by atoms with E-state index in [2.05, 4.69) is 11.0 Å². The second-order valence-corrected chi connectivity index (χ2v) is 4.28. The lowest BCUT2D eigenvalue weighted by molar-refractivity contribution is -0.198. The fourth-order valence-electron chi connectivity index (χ4n) is 1.88. The molecule has 1 atom stereocenters. The van der Waals surface area contributed by atoms with Crippen LogP contribution in [-0.4, -0.2) is 18.6 Å². The second-order valence-electron chi connectivity index (χ2n) is 4.28. The van der Waals surface area contributed by atoms with E-state index in [0.29, 0.717) is 6.61 Å². The molecule has 1 aliphatic heterocycles. The molecule has 0 bridgehead atoms. The normalized spacial score (nSPS) is 19.4. The van der Waals surface area contributed by atoms with Crippen molar-refractivity contribution in [2.24, 2.45) is 0 Å². The van der Waals surface area contributed by atoms with E-state index in [1.807, 2.05) is 30.3 Å². The van der Waals surface area contributed by atoms with Crippen molar-refractivity contribution in [3.8, 4) is 0 Å². The number of rotatable bonds is 5. The number of carbonyl (C=O) groups is 1. The Labute approximate surface area is 106 Å². The summed E-state index contributed by atoms with van der Waals surface area (Å²) in [7, 11) is 0. The first-order valence-electron chi connectivity index (χ1n) is 6.21. The zero-order valence-electron chi connectivity index (χ0n) is 10.2. The molecule has 0 amide bonds. The van der Waals surface area contributed by atoms with Crippen molar-refractivity contribution in [1.29, 1.82) is 0 Å². The van der Waals surface area contributed by atoms with Gasteiger partial charge >= 0.3 is 5.97 Å². The van der Waals surface area contributed by atoms with Crippen LogP contribution in [-0.2, 0) is 21.1 Å². The van der Waals surface area contributed by atoms with Gasteiger partial charge in [0.05, 0.1) is 6.61 Å². The molecule has 1 fully saturated rings. The van der Waals surface area contributed by atoms with E-state index in [4.69, 9.17) is 9.68 Å². The van der Waals surface area contributed by atoms with Crippen LogP contribution >= 0.6 is 0 Å². The van der Waals surface area contributed by atoms with E-state index in [1.54, 1.807) is 0 Å². The standard InChI is InChI=1S/C13H18N2O3/c16-13(12-8-4-5-9-14-12)18-15-17-10-11-6-2-1-3-7-11/h1-3,6-7,12,14-15H,4-5,8-10H2/t12-/m0/s1. The average molecular weight is 250 g/mol. The number of benzene rings is 1. The highest BCUT2D eigenvalue weighted by Gasteiger charge is 2.22. The minimum Gasteiger partial charge on any atom is -0.343 e. The van der Waals surface area contributed by atoms with Crippen molar-refractivity contribution in [3.05, 3.63) is 35.9 Å². The fourth-order valence-corrected chi connectivity index (χ4v) is 1.88. The Balaban J connectivity index is 1.61. The van der Waals surface area contributed by atoms with Crippen molar-refractivity contribution in [2.45, 2.75) is 31.9 Å². The molecule has 2 N–H and O–H groups in total. The summed E-state index contributed by atoms with van der Waals surface area (Å²) in [6, 6.07) is 9.45. The maximum absolute atomic E-state index is 11.6. The Hall–Kier alpha value is -1.43. The van der Waals surface area contributed by atoms with Gasteiger partial charge in [0.15, 0.2) is 0 Å². The van der Waals surface area contributed by atoms with Gasteiger partial charge in [0.1, 0.15) is 6.04 Å². The van der Waals surface area contributed by atoms with Gasteiger partial charge in [0, 0.05) is 0 Å². The topological polar surface area (TPSA) is 59.6 Å². The molecule has 5 nitrogen and oxygen atoms in total. The van der Waals surface area contributed by atoms with E-state index in [1.165, 1.54) is 0 Å². The molecule has 1 aromatic rings. The Morgan fingerprint density at radius 1 is 1.33 bits per heavy atom. The zero-order chi connectivity index (χ0) is 12.6. The third-order valence-electron chi connectivity index (χ3n) is 2.88. The van der Waals surface area contributed by atoms with Gasteiger partial charge in [0.2, 0.25) is 0 Å². The highest BCUT2D eigenvalue weighted by molar-refractivity contribution is 5.75. The Morgan fingerprint density at radius 3 is 2.89 bits per heavy atom. The predicted molar refractivity (Wildman–Crippen MR) is 66.1 cm³/mol. The van der Waals surface area contributed by atoms with Gasteiger partial charge in [-0.25, -0.2) is 4.79 Å². The van der Waals surface area contributed by atoms with Crippen LogP contribution in [0.25, 0.3) is 0 Å². The number of hydrogen-bond acceptors (Lipinski definition) is 5. The van der Waals surface area contributed by atoms with Crippen LogP contribution in [0.4, 0.5) is 0 Å². The molecular formula is C13H18N2O3. The van der Waals surface area contributed by atoms with Gasteiger partial charge < -0.3 is 10.2 Å². The van der Waals surface area contributed by atoms with Crippen molar-refractivity contribution in [1.82, 2.24) is 11.0 Å². The summed E-state index contributed by atoms with van der Waals surface area (Å²) in [4.78, 5) is 21.5. The minimum atomic E-state index is -0.317. The quantitative estimate of drug-likeness (QED) is 0.609. The molecule has 18 heavy (non-hydrogen) atoms. The molecule has 5 heteroatoms. The van der Waals surface area contributed by atoms with E-state index in [-0.39, 0.29) is 12.0 Å². The van der Waals surface area contributed by atoms with Crippen LogP contribution in [0, 0.1) is 0 Å². The minimum absolute atomic E-state index is 0.216. The molecule has 2 rings (SSSR count). The molecule has 0 unspecified atom stereocenters. The summed E-state index contributed by atoms with van der Waals surface area (Å²) in [5, 5.41) is 3.11. The lowest BCUT2D eigenvalue weighted by Gasteiger charge is -2.21. The number of piperidine rings is 1. The van der Waals surface area contributed by atoms with Crippen LogP contribution in [0.2, 0.25) is 0 Å². The third-order valence-corrected chi connectivity index (χ3v) is 2.88. The number of nitrogens with one attached hydrogen (secondary N) is 2. The zero-order valence-corrected chi connectivity index (χ0v) is 10.2. The summed E-state index contributed by atoms with van der Waals surface area (Å²) >= 11 is 0. The van der Waals surface area contributed by atoms with Crippen molar-refractivity contribution in [3.63, 3.8) is 0 Å². The smallest absolute Gasteiger partial charge is 0.343 e. The lowest BCUT2D eigenvalue weighted by Crippen LogP contribution is -2.43. The van der Waals surface area contributed by atoms with Crippen molar-refractivity contribution >= 4 is 5.97 Å². The first-order valence-corrected chi connectivity index (χ1v) is 6.21. The molecule has 0 saturated carbocycles. The molecule has 1 saturated heterocycles. The van der Waals surface area contributed by atoms with E-state index in [0.717, 1.165) is 31.4 Å². The predicted octanol–water partition coefficient (Wildman–Crippen LogP) is 1.31. The first kappa shape index (κ1) is 13.0. The lowest BCUT2D eigenvalue weighted by atomic mass is 10.1. The van der Waals surface area contributed by atoms with Crippen LogP contribution in [0.15, 0.2) is 30.3 Å². The molecule has 1 aliphatic rings. The molecule has 0 aliphatic carbocycles. The van der Waals surface area contributed by atoms with Gasteiger partial charge in [-0.1, -0.05) is 36.8 Å². The Kier molecular flexibility index (Phi) is 5.14. The van der Waals surface area contributed by atoms with Crippen LogP contribution in [0.5, 0.6) is 0 Å². The van der Waals surface area contributed by atoms with E-state index < -0.39 is 0 Å². The third kappa shape index (κ3) is 4.10. The van der Waals surface area contributed by atoms with Gasteiger partial charge in [0.25, 0.3) is 0 Å². The van der Waals surface area contributed by atoms with E-state index >= 15 is 0 Å². The van der Waals surface area contributed by atoms with Crippen LogP contribution < -0.4 is 11.0 Å². The summed E-state index contributed by atoms with van der Waals surface area (Å²) < 4.78 is 0. The molecule has 1 heterocycles. The second kappa shape index (κ2) is 7.10. The highest BCUT2D eigenvalue weighted by Crippen LogP contribution is 2.07. The fraction of sp³-hybridized carbons (Fsp3) is 0.462. The maximum Gasteiger partial charge on any atom is 0.344 e. The van der Waals surface area contributed by atoms with Crippen molar-refractivity contribution in [2.75, 3.05) is 6.54 Å². The molecule has 98 valence electrons. The van der Waals surface area contributed by atoms with E-state index in [9.17, 15) is 4.79 Å². The number of carbonyl (C=O) groups excluding carboxylic acids is 1. The summed E-state index contributed by atoms with van der Waals surface area (Å²) in [6.07, 6.45) is 2.98. The van der Waals surface area contributed by atoms with Crippen molar-refractivity contribution < 1.29 is 14.5 Å². The molecular weight excluding hydrogens is 232 g/mol. The van der Waals surface area contributed by atoms with Gasteiger partial charge in [-0.3, -0.25) is 4.84 Å². The maximum atomic E-state index is 11.6. The van der Waals surface area contributed by atoms with Gasteiger partial charge in [-0.15, -0.1) is 0 Å². The first-order chi connectivity index (χ1) is 8.86. The summed E-state index contributed by atoms with van der Waals surface area (Å²) in [5.41, 5.74) is 3.25. The van der Waals surface area contributed by atoms with Crippen LogP contribution in [0.1, 0.15) is 24.8 Å². The molecule has 0 aromatic heterocycles. The van der Waals surface area contributed by atoms with Gasteiger partial charge in [-0.05, 0) is 30.6 Å². The largest absolute Gasteiger partial charge is 0.344 e. The molecule has 0 spiro atoms. The monoisotopic (exact) mass is 250 g/mol. The molecule has 0 radical (unpaired) electrons.